The molecule has 0 N–H and O–H groups in total. The van der Waals surface area contributed by atoms with E-state index in [4.69, 9.17) is 9.47 Å². The van der Waals surface area contributed by atoms with E-state index in [0.717, 1.165) is 44.8 Å². The molecule has 0 aliphatic heterocycles. The quantitative estimate of drug-likeness (QED) is 0.544. The Morgan fingerprint density at radius 1 is 0.852 bits per heavy atom. The fraction of sp³-hybridized carbons (Fsp3) is 0.190. The Hall–Kier alpha value is -3.41. The van der Waals surface area contributed by atoms with Gasteiger partial charge < -0.3 is 9.47 Å². The molecule has 27 heavy (non-hydrogen) atoms. The van der Waals surface area contributed by atoms with Crippen LogP contribution in [0.3, 0.4) is 0 Å². The van der Waals surface area contributed by atoms with Crippen LogP contribution in [0.4, 0.5) is 0 Å². The number of aromatic nitrogens is 4. The fourth-order valence-corrected chi connectivity index (χ4v) is 3.08. The van der Waals surface area contributed by atoms with Crippen molar-refractivity contribution in [3.8, 4) is 22.6 Å². The molecular formula is C21H20N4O2. The molecule has 136 valence electrons. The Bertz CT molecular complexity index is 1080. The lowest BCUT2D eigenvalue weighted by molar-refractivity contribution is 0.393. The van der Waals surface area contributed by atoms with E-state index in [1.54, 1.807) is 18.9 Å². The number of fused-ring (bicyclic) bond motifs is 1. The van der Waals surface area contributed by atoms with Crippen molar-refractivity contribution in [2.75, 3.05) is 14.2 Å². The van der Waals surface area contributed by atoms with E-state index in [9.17, 15) is 0 Å². The summed E-state index contributed by atoms with van der Waals surface area (Å²) in [5.41, 5.74) is 4.99. The number of hydrogen-bond acceptors (Lipinski definition) is 5. The van der Waals surface area contributed by atoms with Gasteiger partial charge in [-0.15, -0.1) is 0 Å². The summed E-state index contributed by atoms with van der Waals surface area (Å²) in [5.74, 6) is 1.54. The largest absolute Gasteiger partial charge is 0.497 e. The van der Waals surface area contributed by atoms with Crippen LogP contribution in [0.5, 0.6) is 11.5 Å². The van der Waals surface area contributed by atoms with Crippen LogP contribution >= 0.6 is 0 Å². The van der Waals surface area contributed by atoms with Crippen LogP contribution in [0.25, 0.3) is 22.0 Å². The Balaban J connectivity index is 1.68. The lowest BCUT2D eigenvalue weighted by Gasteiger charge is -2.09. The summed E-state index contributed by atoms with van der Waals surface area (Å²) >= 11 is 0. The number of hydrogen-bond donors (Lipinski definition) is 0. The second-order valence-electron chi connectivity index (χ2n) is 6.39. The molecule has 0 radical (unpaired) electrons. The summed E-state index contributed by atoms with van der Waals surface area (Å²) in [6.07, 6.45) is 8.17. The summed E-state index contributed by atoms with van der Waals surface area (Å²) in [6, 6.07) is 10.1. The molecule has 3 aromatic heterocycles. The first-order valence-electron chi connectivity index (χ1n) is 8.60. The van der Waals surface area contributed by atoms with Gasteiger partial charge in [-0.2, -0.15) is 5.10 Å². The first-order chi connectivity index (χ1) is 13.1. The second kappa shape index (κ2) is 7.07. The Morgan fingerprint density at radius 3 is 2.30 bits per heavy atom. The maximum atomic E-state index is 5.35. The fourth-order valence-electron chi connectivity index (χ4n) is 3.08. The average molecular weight is 360 g/mol. The average Bonchev–Trinajstić information content (AvgIpc) is 3.13. The van der Waals surface area contributed by atoms with Gasteiger partial charge in [-0.05, 0) is 29.8 Å². The van der Waals surface area contributed by atoms with Crippen LogP contribution in [-0.4, -0.2) is 34.0 Å². The van der Waals surface area contributed by atoms with E-state index in [2.05, 4.69) is 27.2 Å². The number of rotatable bonds is 5. The molecule has 0 saturated carbocycles. The van der Waals surface area contributed by atoms with E-state index in [1.807, 2.05) is 50.0 Å². The highest BCUT2D eigenvalue weighted by atomic mass is 16.5. The van der Waals surface area contributed by atoms with Crippen molar-refractivity contribution in [2.24, 2.45) is 7.05 Å². The van der Waals surface area contributed by atoms with Crippen molar-refractivity contribution in [2.45, 2.75) is 6.42 Å². The van der Waals surface area contributed by atoms with Gasteiger partial charge in [0.05, 0.1) is 32.1 Å². The van der Waals surface area contributed by atoms with Crippen molar-refractivity contribution in [1.82, 2.24) is 19.7 Å². The molecule has 4 rings (SSSR count). The van der Waals surface area contributed by atoms with Gasteiger partial charge in [0.1, 0.15) is 11.5 Å². The van der Waals surface area contributed by atoms with Gasteiger partial charge in [0, 0.05) is 54.1 Å². The number of ether oxygens (including phenoxy) is 2. The maximum Gasteiger partial charge on any atom is 0.122 e. The van der Waals surface area contributed by atoms with Gasteiger partial charge in [0.2, 0.25) is 0 Å². The van der Waals surface area contributed by atoms with Crippen LogP contribution in [-0.2, 0) is 13.5 Å². The lowest BCUT2D eigenvalue weighted by atomic mass is 10.1. The number of pyridine rings is 2. The van der Waals surface area contributed by atoms with Crippen LogP contribution < -0.4 is 9.47 Å². The van der Waals surface area contributed by atoms with Crippen molar-refractivity contribution in [3.05, 3.63) is 66.4 Å². The minimum atomic E-state index is 0.681. The molecule has 3 heterocycles. The van der Waals surface area contributed by atoms with Gasteiger partial charge in [-0.3, -0.25) is 14.6 Å². The molecule has 1 aromatic carbocycles. The molecule has 0 amide bonds. The molecule has 0 unspecified atom stereocenters. The minimum absolute atomic E-state index is 0.681. The molecule has 0 aliphatic carbocycles. The summed E-state index contributed by atoms with van der Waals surface area (Å²) in [7, 11) is 5.21. The van der Waals surface area contributed by atoms with Crippen molar-refractivity contribution in [1.29, 1.82) is 0 Å². The third-order valence-electron chi connectivity index (χ3n) is 4.46. The third kappa shape index (κ3) is 3.60. The second-order valence-corrected chi connectivity index (χ2v) is 6.39. The van der Waals surface area contributed by atoms with E-state index in [1.165, 1.54) is 0 Å². The van der Waals surface area contributed by atoms with Crippen LogP contribution in [0.15, 0.2) is 55.1 Å². The third-order valence-corrected chi connectivity index (χ3v) is 4.46. The molecule has 0 spiro atoms. The molecule has 6 nitrogen and oxygen atoms in total. The van der Waals surface area contributed by atoms with Gasteiger partial charge in [0.15, 0.2) is 0 Å². The standard InChI is InChI=1S/C21H20N4O2/c1-25-13-17(11-24-25)16-7-15-8-18(22-12-21(15)23-10-16)4-14-5-19(26-2)9-20(6-14)27-3/h5-13H,4H2,1-3H3. The molecule has 0 saturated heterocycles. The maximum absolute atomic E-state index is 5.35. The SMILES string of the molecule is COc1cc(Cc2cc3cc(-c4cnn(C)c4)cnc3cn2)cc(OC)c1. The minimum Gasteiger partial charge on any atom is -0.497 e. The number of methoxy groups -OCH3 is 2. The van der Waals surface area contributed by atoms with Gasteiger partial charge in [-0.25, -0.2) is 0 Å². The zero-order valence-electron chi connectivity index (χ0n) is 15.5. The van der Waals surface area contributed by atoms with E-state index >= 15 is 0 Å². The lowest BCUT2D eigenvalue weighted by Crippen LogP contribution is -1.96. The van der Waals surface area contributed by atoms with Gasteiger partial charge in [-0.1, -0.05) is 0 Å². The Morgan fingerprint density at radius 2 is 1.63 bits per heavy atom. The highest BCUT2D eigenvalue weighted by molar-refractivity contribution is 5.83. The van der Waals surface area contributed by atoms with Crippen molar-refractivity contribution < 1.29 is 9.47 Å². The highest BCUT2D eigenvalue weighted by Gasteiger charge is 2.07. The van der Waals surface area contributed by atoms with Crippen molar-refractivity contribution in [3.63, 3.8) is 0 Å². The first kappa shape index (κ1) is 17.0. The zero-order chi connectivity index (χ0) is 18.8. The van der Waals surface area contributed by atoms with Gasteiger partial charge in [0.25, 0.3) is 0 Å². The highest BCUT2D eigenvalue weighted by Crippen LogP contribution is 2.26. The summed E-state index contributed by atoms with van der Waals surface area (Å²) in [4.78, 5) is 9.09. The summed E-state index contributed by atoms with van der Waals surface area (Å²) in [5, 5.41) is 5.28. The predicted octanol–water partition coefficient (Wildman–Crippen LogP) is 3.64. The number of nitrogens with zero attached hydrogens (tertiary/aromatic N) is 4. The predicted molar refractivity (Wildman–Crippen MR) is 104 cm³/mol. The van der Waals surface area contributed by atoms with E-state index < -0.39 is 0 Å². The molecule has 0 bridgehead atoms. The topological polar surface area (TPSA) is 62.1 Å². The van der Waals surface area contributed by atoms with Crippen LogP contribution in [0.2, 0.25) is 0 Å². The van der Waals surface area contributed by atoms with E-state index in [0.29, 0.717) is 6.42 Å². The molecular weight excluding hydrogens is 340 g/mol. The zero-order valence-corrected chi connectivity index (χ0v) is 15.5. The van der Waals surface area contributed by atoms with Crippen LogP contribution in [0, 0.1) is 0 Å². The molecule has 0 fully saturated rings. The normalized spacial score (nSPS) is 10.9. The molecule has 0 atom stereocenters. The van der Waals surface area contributed by atoms with Crippen molar-refractivity contribution >= 4 is 10.9 Å². The molecule has 4 aromatic rings. The smallest absolute Gasteiger partial charge is 0.122 e. The van der Waals surface area contributed by atoms with Gasteiger partial charge >= 0.3 is 0 Å². The number of benzene rings is 1. The summed E-state index contributed by atoms with van der Waals surface area (Å²) in [6.45, 7) is 0. The van der Waals surface area contributed by atoms with E-state index in [-0.39, 0.29) is 0 Å². The number of aryl methyl sites for hydroxylation is 1. The van der Waals surface area contributed by atoms with Crippen LogP contribution in [0.1, 0.15) is 11.3 Å². The monoisotopic (exact) mass is 360 g/mol. The molecule has 6 heteroatoms. The Labute approximate surface area is 157 Å². The Kier molecular flexibility index (Phi) is 4.46. The summed E-state index contributed by atoms with van der Waals surface area (Å²) < 4.78 is 12.5. The first-order valence-corrected chi connectivity index (χ1v) is 8.60. The molecule has 0 aliphatic rings.